The van der Waals surface area contributed by atoms with Gasteiger partial charge in [0, 0.05) is 37.1 Å². The van der Waals surface area contributed by atoms with E-state index in [0.29, 0.717) is 0 Å². The predicted molar refractivity (Wildman–Crippen MR) is 241 cm³/mol. The van der Waals surface area contributed by atoms with Gasteiger partial charge in [-0.25, -0.2) is 0 Å². The molecule has 0 unspecified atom stereocenters. The fraction of sp³-hybridized carbons (Fsp3) is 0. The molecule has 56 heavy (non-hydrogen) atoms. The predicted octanol–water partition coefficient (Wildman–Crippen LogP) is 15.9. The lowest BCUT2D eigenvalue weighted by molar-refractivity contribution is 1.28. The topological polar surface area (TPSA) is 3.24 Å². The third-order valence-electron chi connectivity index (χ3n) is 10.7. The van der Waals surface area contributed by atoms with Crippen LogP contribution in [-0.4, -0.2) is 0 Å². The van der Waals surface area contributed by atoms with Gasteiger partial charge >= 0.3 is 0 Å². The van der Waals surface area contributed by atoms with E-state index in [4.69, 9.17) is 0 Å². The van der Waals surface area contributed by atoms with Crippen molar-refractivity contribution in [1.82, 2.24) is 0 Å². The van der Waals surface area contributed by atoms with Gasteiger partial charge in [-0.05, 0) is 98.6 Å². The van der Waals surface area contributed by atoms with Gasteiger partial charge in [0.25, 0.3) is 0 Å². The molecule has 0 saturated carbocycles. The Balaban J connectivity index is 1.19. The van der Waals surface area contributed by atoms with Crippen molar-refractivity contribution >= 4 is 48.6 Å². The van der Waals surface area contributed by atoms with Crippen LogP contribution < -0.4 is 4.90 Å². The van der Waals surface area contributed by atoms with Crippen molar-refractivity contribution in [1.29, 1.82) is 0 Å². The van der Waals surface area contributed by atoms with E-state index in [0.717, 1.165) is 17.1 Å². The summed E-state index contributed by atoms with van der Waals surface area (Å²) in [6.07, 6.45) is 0. The van der Waals surface area contributed by atoms with Crippen LogP contribution in [0.4, 0.5) is 17.1 Å². The van der Waals surface area contributed by atoms with Crippen molar-refractivity contribution in [2.24, 2.45) is 0 Å². The highest BCUT2D eigenvalue weighted by Crippen LogP contribution is 2.48. The summed E-state index contributed by atoms with van der Waals surface area (Å²) in [4.78, 5) is 2.44. The molecule has 0 fully saturated rings. The molecule has 0 aliphatic rings. The Morgan fingerprint density at radius 3 is 1.55 bits per heavy atom. The van der Waals surface area contributed by atoms with Crippen LogP contribution in [0.15, 0.2) is 224 Å². The summed E-state index contributed by atoms with van der Waals surface area (Å²) in [5, 5.41) is 2.63. The highest BCUT2D eigenvalue weighted by atomic mass is 32.1. The molecule has 1 nitrogen and oxygen atoms in total. The van der Waals surface area contributed by atoms with Gasteiger partial charge < -0.3 is 4.90 Å². The van der Waals surface area contributed by atoms with E-state index in [1.165, 1.54) is 75.8 Å². The van der Waals surface area contributed by atoms with Gasteiger partial charge in [-0.3, -0.25) is 0 Å². The van der Waals surface area contributed by atoms with Crippen molar-refractivity contribution in [3.63, 3.8) is 0 Å². The highest BCUT2D eigenvalue weighted by molar-refractivity contribution is 7.25. The lowest BCUT2D eigenvalue weighted by Crippen LogP contribution is -2.12. The maximum absolute atomic E-state index is 2.44. The van der Waals surface area contributed by atoms with Crippen molar-refractivity contribution in [3.05, 3.63) is 224 Å². The van der Waals surface area contributed by atoms with Crippen LogP contribution in [-0.2, 0) is 0 Å². The lowest BCUT2D eigenvalue weighted by atomic mass is 9.87. The molecule has 1 aromatic heterocycles. The summed E-state index contributed by atoms with van der Waals surface area (Å²) in [6.45, 7) is 0. The van der Waals surface area contributed by atoms with Crippen molar-refractivity contribution in [2.75, 3.05) is 4.90 Å². The molecule has 0 spiro atoms. The van der Waals surface area contributed by atoms with E-state index >= 15 is 0 Å². The molecule has 0 radical (unpaired) electrons. The van der Waals surface area contributed by atoms with E-state index in [1.54, 1.807) is 0 Å². The Morgan fingerprint density at radius 1 is 0.286 bits per heavy atom. The molecule has 0 bridgehead atoms. The second kappa shape index (κ2) is 14.7. The molecular weight excluding hydrogens is 695 g/mol. The van der Waals surface area contributed by atoms with E-state index in [9.17, 15) is 0 Å². The zero-order valence-corrected chi connectivity index (χ0v) is 31.5. The number of fused-ring (bicyclic) bond motifs is 3. The average Bonchev–Trinajstić information content (AvgIpc) is 3.66. The molecule has 0 saturated heterocycles. The summed E-state index contributed by atoms with van der Waals surface area (Å²) in [7, 11) is 0. The highest BCUT2D eigenvalue weighted by Gasteiger charge is 2.23. The molecule has 10 rings (SSSR count). The molecule has 0 aliphatic heterocycles. The minimum Gasteiger partial charge on any atom is -0.310 e. The van der Waals surface area contributed by atoms with Crippen LogP contribution in [0.5, 0.6) is 0 Å². The van der Waals surface area contributed by atoms with Gasteiger partial charge in [0.1, 0.15) is 0 Å². The summed E-state index contributed by atoms with van der Waals surface area (Å²) < 4.78 is 2.64. The summed E-state index contributed by atoms with van der Waals surface area (Å²) in [5.74, 6) is 0. The van der Waals surface area contributed by atoms with Gasteiger partial charge in [0.2, 0.25) is 0 Å². The van der Waals surface area contributed by atoms with Gasteiger partial charge in [0.05, 0.1) is 5.69 Å². The summed E-state index contributed by atoms with van der Waals surface area (Å²) in [6, 6.07) is 81.4. The standard InChI is InChI=1S/C54H37NS/c1-4-16-38(17-5-1)42-22-14-23-45(36-42)55(44-33-30-39(31-34-44)43-32-35-53-50(37-43)48-25-12-13-29-52(48)56-53)51-28-15-27-47(41-20-8-3-9-21-41)54(51)49-26-11-10-24-46(49)40-18-6-2-7-19-40/h1-37H. The average molecular weight is 732 g/mol. The molecule has 0 aliphatic carbocycles. The molecule has 2 heteroatoms. The number of hydrogen-bond donors (Lipinski definition) is 0. The minimum atomic E-state index is 1.09. The van der Waals surface area contributed by atoms with E-state index in [2.05, 4.69) is 229 Å². The zero-order chi connectivity index (χ0) is 37.3. The summed E-state index contributed by atoms with van der Waals surface area (Å²) in [5.41, 5.74) is 15.2. The van der Waals surface area contributed by atoms with E-state index < -0.39 is 0 Å². The number of anilines is 3. The van der Waals surface area contributed by atoms with Crippen LogP contribution in [0.3, 0.4) is 0 Å². The first-order chi connectivity index (χ1) is 27.8. The monoisotopic (exact) mass is 731 g/mol. The van der Waals surface area contributed by atoms with Crippen LogP contribution in [0, 0.1) is 0 Å². The first-order valence-corrected chi connectivity index (χ1v) is 19.9. The summed E-state index contributed by atoms with van der Waals surface area (Å²) >= 11 is 1.86. The smallest absolute Gasteiger partial charge is 0.0546 e. The quantitative estimate of drug-likeness (QED) is 0.150. The number of rotatable bonds is 8. The molecule has 9 aromatic carbocycles. The van der Waals surface area contributed by atoms with Crippen molar-refractivity contribution in [3.8, 4) is 55.6 Å². The number of hydrogen-bond acceptors (Lipinski definition) is 2. The molecule has 264 valence electrons. The van der Waals surface area contributed by atoms with Gasteiger partial charge in [-0.15, -0.1) is 11.3 Å². The van der Waals surface area contributed by atoms with Crippen LogP contribution in [0.25, 0.3) is 75.8 Å². The van der Waals surface area contributed by atoms with Crippen molar-refractivity contribution < 1.29 is 0 Å². The molecule has 0 amide bonds. The molecule has 10 aromatic rings. The Hall–Kier alpha value is -7.00. The fourth-order valence-corrected chi connectivity index (χ4v) is 9.12. The van der Waals surface area contributed by atoms with Crippen LogP contribution in [0.2, 0.25) is 0 Å². The molecule has 1 heterocycles. The number of benzene rings is 9. The second-order valence-electron chi connectivity index (χ2n) is 14.1. The van der Waals surface area contributed by atoms with Crippen molar-refractivity contribution in [2.45, 2.75) is 0 Å². The zero-order valence-electron chi connectivity index (χ0n) is 30.7. The third kappa shape index (κ3) is 6.26. The van der Waals surface area contributed by atoms with Gasteiger partial charge in [0.15, 0.2) is 0 Å². The largest absolute Gasteiger partial charge is 0.310 e. The van der Waals surface area contributed by atoms with E-state index in [-0.39, 0.29) is 0 Å². The first kappa shape index (κ1) is 33.6. The Morgan fingerprint density at radius 2 is 0.804 bits per heavy atom. The minimum absolute atomic E-state index is 1.09. The van der Waals surface area contributed by atoms with Gasteiger partial charge in [-0.2, -0.15) is 0 Å². The Bertz CT molecular complexity index is 2950. The molecule has 0 atom stereocenters. The lowest BCUT2D eigenvalue weighted by Gasteiger charge is -2.30. The SMILES string of the molecule is c1ccc(-c2cccc(N(c3ccc(-c4ccc5sc6ccccc6c5c4)cc3)c3cccc(-c4ccccc4)c3-c3ccccc3-c3ccccc3)c2)cc1. The normalized spacial score (nSPS) is 11.2. The maximum atomic E-state index is 2.44. The Labute approximate surface area is 332 Å². The first-order valence-electron chi connectivity index (χ1n) is 19.1. The molecular formula is C54H37NS. The third-order valence-corrected chi connectivity index (χ3v) is 11.8. The van der Waals surface area contributed by atoms with Crippen LogP contribution >= 0.6 is 11.3 Å². The van der Waals surface area contributed by atoms with Gasteiger partial charge in [-0.1, -0.05) is 176 Å². The number of nitrogens with zero attached hydrogens (tertiary/aromatic N) is 1. The number of thiophene rings is 1. The fourth-order valence-electron chi connectivity index (χ4n) is 8.03. The Kier molecular flexibility index (Phi) is 8.79. The molecule has 0 N–H and O–H groups in total. The second-order valence-corrected chi connectivity index (χ2v) is 15.2. The van der Waals surface area contributed by atoms with E-state index in [1.807, 2.05) is 11.3 Å². The maximum Gasteiger partial charge on any atom is 0.0546 e. The van der Waals surface area contributed by atoms with Crippen LogP contribution in [0.1, 0.15) is 0 Å².